The van der Waals surface area contributed by atoms with Gasteiger partial charge < -0.3 is 52.2 Å². The fourth-order valence-corrected chi connectivity index (χ4v) is 6.71. The summed E-state index contributed by atoms with van der Waals surface area (Å²) in [6.07, 6.45) is -5.38. The molecule has 2 aromatic carbocycles. The van der Waals surface area contributed by atoms with Crippen LogP contribution in [-0.4, -0.2) is 98.5 Å². The van der Waals surface area contributed by atoms with Crippen molar-refractivity contribution in [2.45, 2.75) is 64.9 Å². The molecule has 0 unspecified atom stereocenters. The van der Waals surface area contributed by atoms with Crippen molar-refractivity contribution in [3.05, 3.63) is 83.5 Å². The largest absolute Gasteiger partial charge is 1.00 e. The first-order chi connectivity index (χ1) is 24.2. The lowest BCUT2D eigenvalue weighted by molar-refractivity contribution is -0.254. The van der Waals surface area contributed by atoms with Gasteiger partial charge in [-0.15, -0.1) is 5.10 Å². The van der Waals surface area contributed by atoms with Gasteiger partial charge in [-0.3, -0.25) is 4.79 Å². The number of amides is 1. The summed E-state index contributed by atoms with van der Waals surface area (Å²) in [6, 6.07) is 19.9. The molecule has 5 N–H and O–H groups in total. The van der Waals surface area contributed by atoms with E-state index in [4.69, 9.17) is 9.15 Å². The van der Waals surface area contributed by atoms with Crippen LogP contribution in [0, 0.1) is 0 Å². The van der Waals surface area contributed by atoms with E-state index in [1.165, 1.54) is 10.9 Å². The summed E-state index contributed by atoms with van der Waals surface area (Å²) in [5, 5.41) is 53.3. The van der Waals surface area contributed by atoms with Gasteiger partial charge in [-0.25, -0.2) is 9.26 Å². The molecule has 0 saturated carbocycles. The number of anilines is 1. The molecule has 1 amide bonds. The number of hydrogen-bond acceptors (Lipinski definition) is 10. The van der Waals surface area contributed by atoms with E-state index in [9.17, 15) is 25.2 Å². The molecular weight excluding hydrogens is 676 g/mol. The van der Waals surface area contributed by atoms with Crippen molar-refractivity contribution in [3.8, 4) is 22.5 Å². The summed E-state index contributed by atoms with van der Waals surface area (Å²) in [5.74, 6) is 0.387. The Morgan fingerprint density at radius 2 is 1.69 bits per heavy atom. The smallest absolute Gasteiger partial charge is 0.252 e. The predicted molar refractivity (Wildman–Crippen MR) is 188 cm³/mol. The van der Waals surface area contributed by atoms with Gasteiger partial charge >= 0.3 is 0 Å². The van der Waals surface area contributed by atoms with Crippen LogP contribution in [0.2, 0.25) is 0 Å². The number of carbonyl (C=O) groups is 1. The van der Waals surface area contributed by atoms with Crippen LogP contribution < -0.4 is 32.6 Å². The molecule has 0 radical (unpaired) electrons. The van der Waals surface area contributed by atoms with Crippen LogP contribution in [0.4, 0.5) is 5.69 Å². The highest BCUT2D eigenvalue weighted by atomic mass is 35.5. The molecule has 0 bridgehead atoms. The number of carbonyl (C=O) groups excluding carboxylic acids is 1. The average Bonchev–Trinajstić information content (AvgIpc) is 3.61. The van der Waals surface area contributed by atoms with Gasteiger partial charge in [-0.1, -0.05) is 23.4 Å². The molecule has 5 atom stereocenters. The summed E-state index contributed by atoms with van der Waals surface area (Å²) in [6.45, 7) is 11.4. The third kappa shape index (κ3) is 7.36. The highest BCUT2D eigenvalue weighted by Gasteiger charge is 2.44. The van der Waals surface area contributed by atoms with Gasteiger partial charge in [0.25, 0.3) is 5.91 Å². The van der Waals surface area contributed by atoms with Crippen LogP contribution in [0.5, 0.6) is 0 Å². The molecule has 3 aliphatic rings. The standard InChI is InChI=1S/C37H44N6O7.ClH/c1-5-41(6-2)23-13-15-27-29(17-23)49-30-18-24(42(7-3)8-4)14-16-28(30)32(27)25-11-9-10-12-26(25)36(48)38-19-22-20-43(40-39-22)37-35(47)34(46)33(45)31(21-44)50-37;/h9-18,20,31,33-35,37,44-47H,5-8,19,21H2,1-4H3;1H/t31-,33-,34+,35-,37-;/m1./s1. The van der Waals surface area contributed by atoms with Crippen LogP contribution in [0.15, 0.2) is 71.3 Å². The maximum absolute atomic E-state index is 13.9. The fraction of sp³-hybridized carbons (Fsp3) is 0.405. The zero-order valence-electron chi connectivity index (χ0n) is 29.1. The molecule has 1 aliphatic carbocycles. The lowest BCUT2D eigenvalue weighted by atomic mass is 9.90. The first kappa shape index (κ1) is 37.9. The van der Waals surface area contributed by atoms with Crippen molar-refractivity contribution < 1.29 is 46.8 Å². The van der Waals surface area contributed by atoms with Gasteiger partial charge in [-0.05, 0) is 57.5 Å². The highest BCUT2D eigenvalue weighted by Crippen LogP contribution is 2.42. The van der Waals surface area contributed by atoms with E-state index in [2.05, 4.69) is 89.2 Å². The second-order valence-electron chi connectivity index (χ2n) is 12.3. The summed E-state index contributed by atoms with van der Waals surface area (Å²) >= 11 is 0. The molecule has 6 rings (SSSR count). The molecule has 14 heteroatoms. The number of rotatable bonds is 11. The molecule has 13 nitrogen and oxygen atoms in total. The number of ether oxygens (including phenoxy) is 1. The molecule has 3 heterocycles. The number of aliphatic hydroxyl groups excluding tert-OH is 4. The first-order valence-corrected chi connectivity index (χ1v) is 17.1. The molecule has 1 saturated heterocycles. The monoisotopic (exact) mass is 720 g/mol. The number of aromatic nitrogens is 3. The summed E-state index contributed by atoms with van der Waals surface area (Å²) in [7, 11) is 0. The Morgan fingerprint density at radius 3 is 2.39 bits per heavy atom. The van der Waals surface area contributed by atoms with E-state index in [-0.39, 0.29) is 24.9 Å². The molecule has 0 spiro atoms. The van der Waals surface area contributed by atoms with Crippen molar-refractivity contribution in [2.24, 2.45) is 0 Å². The van der Waals surface area contributed by atoms with Crippen LogP contribution in [0.25, 0.3) is 33.4 Å². The summed E-state index contributed by atoms with van der Waals surface area (Å²) in [5.41, 5.74) is 5.11. The number of nitrogens with one attached hydrogen (secondary N) is 1. The van der Waals surface area contributed by atoms with Gasteiger partial charge in [0, 0.05) is 53.0 Å². The van der Waals surface area contributed by atoms with Crippen LogP contribution in [0.1, 0.15) is 50.0 Å². The van der Waals surface area contributed by atoms with Crippen LogP contribution >= 0.6 is 0 Å². The first-order valence-electron chi connectivity index (χ1n) is 17.1. The van der Waals surface area contributed by atoms with Crippen LogP contribution in [-0.2, 0) is 11.3 Å². The Kier molecular flexibility index (Phi) is 12.1. The van der Waals surface area contributed by atoms with Crippen molar-refractivity contribution in [3.63, 3.8) is 0 Å². The summed E-state index contributed by atoms with van der Waals surface area (Å²) < 4.78 is 15.7. The SMILES string of the molecule is CCN(CC)c1ccc2c(-c3ccccc3C(=O)NCc3cn([C@@H]4O[C@H](CO)[C@@H](O)[C@H](O)[C@H]4O)nn3)c3ccc(=[N+](CC)CC)cc-3oc2c1.[Cl-]. The molecule has 1 fully saturated rings. The van der Waals surface area contributed by atoms with Gasteiger partial charge in [0.15, 0.2) is 6.23 Å². The van der Waals surface area contributed by atoms with Gasteiger partial charge in [0.2, 0.25) is 5.36 Å². The minimum atomic E-state index is -1.56. The Hall–Kier alpha value is -4.37. The van der Waals surface area contributed by atoms with E-state index in [1.807, 2.05) is 18.2 Å². The average molecular weight is 721 g/mol. The van der Waals surface area contributed by atoms with E-state index in [0.717, 1.165) is 59.3 Å². The van der Waals surface area contributed by atoms with Crippen molar-refractivity contribution in [1.29, 1.82) is 0 Å². The van der Waals surface area contributed by atoms with Crippen LogP contribution in [0.3, 0.4) is 0 Å². The third-order valence-electron chi connectivity index (χ3n) is 9.50. The number of nitrogens with zero attached hydrogens (tertiary/aromatic N) is 5. The molecule has 272 valence electrons. The van der Waals surface area contributed by atoms with E-state index < -0.39 is 37.3 Å². The minimum Gasteiger partial charge on any atom is -1.00 e. The number of aliphatic hydroxyl groups is 4. The number of benzene rings is 3. The summed E-state index contributed by atoms with van der Waals surface area (Å²) in [4.78, 5) is 16.2. The predicted octanol–water partition coefficient (Wildman–Crippen LogP) is -0.639. The molecular formula is C37H45ClN6O7. The van der Waals surface area contributed by atoms with Crippen molar-refractivity contribution in [2.75, 3.05) is 37.7 Å². The van der Waals surface area contributed by atoms with E-state index in [0.29, 0.717) is 22.6 Å². The second-order valence-corrected chi connectivity index (χ2v) is 12.3. The number of hydrogen-bond donors (Lipinski definition) is 5. The Morgan fingerprint density at radius 1 is 0.941 bits per heavy atom. The van der Waals surface area contributed by atoms with Crippen molar-refractivity contribution >= 4 is 22.6 Å². The van der Waals surface area contributed by atoms with E-state index in [1.54, 1.807) is 6.07 Å². The molecule has 3 aromatic rings. The maximum Gasteiger partial charge on any atom is 0.252 e. The lowest BCUT2D eigenvalue weighted by Crippen LogP contribution is -3.00. The van der Waals surface area contributed by atoms with Crippen molar-refractivity contribution in [1.82, 2.24) is 24.9 Å². The Bertz CT molecular complexity index is 2000. The normalized spacial score (nSPS) is 20.3. The fourth-order valence-electron chi connectivity index (χ4n) is 6.71. The molecule has 2 aliphatic heterocycles. The number of fused-ring (bicyclic) bond motifs is 2. The molecule has 51 heavy (non-hydrogen) atoms. The Labute approximate surface area is 302 Å². The topological polar surface area (TPSA) is 169 Å². The lowest BCUT2D eigenvalue weighted by Gasteiger charge is -2.39. The van der Waals surface area contributed by atoms with Gasteiger partial charge in [-0.2, -0.15) is 0 Å². The minimum absolute atomic E-state index is 0. The quantitative estimate of drug-likeness (QED) is 0.0875. The highest BCUT2D eigenvalue weighted by molar-refractivity contribution is 6.09. The van der Waals surface area contributed by atoms with E-state index >= 15 is 0 Å². The molecule has 1 aromatic heterocycles. The Balaban J connectivity index is 0.00000504. The van der Waals surface area contributed by atoms with Gasteiger partial charge in [0.05, 0.1) is 25.4 Å². The zero-order valence-corrected chi connectivity index (χ0v) is 29.9. The second kappa shape index (κ2) is 16.3. The zero-order chi connectivity index (χ0) is 35.5. The maximum atomic E-state index is 13.9. The third-order valence-corrected chi connectivity index (χ3v) is 9.50. The number of halogens is 1. The van der Waals surface area contributed by atoms with Gasteiger partial charge in [0.1, 0.15) is 54.5 Å².